The van der Waals surface area contributed by atoms with Crippen LogP contribution in [0, 0.1) is 13.8 Å². The second-order valence-corrected chi connectivity index (χ2v) is 6.57. The van der Waals surface area contributed by atoms with Crippen LogP contribution in [-0.4, -0.2) is 31.6 Å². The molecule has 0 spiro atoms. The van der Waals surface area contributed by atoms with E-state index in [1.807, 2.05) is 20.0 Å². The molecule has 0 unspecified atom stereocenters. The number of thiazole rings is 1. The summed E-state index contributed by atoms with van der Waals surface area (Å²) in [6.45, 7) is 5.61. The monoisotopic (exact) mass is 460 g/mol. The first kappa shape index (κ1) is 20.7. The third-order valence-electron chi connectivity index (χ3n) is 3.50. The van der Waals surface area contributed by atoms with Crippen LogP contribution in [0.2, 0.25) is 0 Å². The molecule has 7 heteroatoms. The zero-order chi connectivity index (χ0) is 16.7. The summed E-state index contributed by atoms with van der Waals surface area (Å²) in [5, 5.41) is 7.71. The van der Waals surface area contributed by atoms with Crippen molar-refractivity contribution >= 4 is 41.3 Å². The van der Waals surface area contributed by atoms with E-state index >= 15 is 0 Å². The number of halogens is 1. The van der Waals surface area contributed by atoms with Gasteiger partial charge in [-0.1, -0.05) is 12.1 Å². The van der Waals surface area contributed by atoms with Crippen LogP contribution in [0.5, 0.6) is 5.75 Å². The maximum Gasteiger partial charge on any atom is 0.191 e. The van der Waals surface area contributed by atoms with E-state index in [0.717, 1.165) is 41.8 Å². The Morgan fingerprint density at radius 1 is 1.29 bits per heavy atom. The number of hydrogen-bond donors (Lipinski definition) is 2. The van der Waals surface area contributed by atoms with E-state index in [2.05, 4.69) is 38.8 Å². The van der Waals surface area contributed by atoms with Crippen molar-refractivity contribution < 1.29 is 4.74 Å². The molecule has 5 nitrogen and oxygen atoms in total. The molecule has 0 saturated heterocycles. The quantitative estimate of drug-likeness (QED) is 0.395. The van der Waals surface area contributed by atoms with Crippen LogP contribution in [0.25, 0.3) is 0 Å². The number of aromatic nitrogens is 1. The molecule has 24 heavy (non-hydrogen) atoms. The summed E-state index contributed by atoms with van der Waals surface area (Å²) < 4.78 is 5.36. The Kier molecular flexibility index (Phi) is 9.05. The van der Waals surface area contributed by atoms with Crippen LogP contribution < -0.4 is 15.4 Å². The van der Waals surface area contributed by atoms with E-state index in [1.165, 1.54) is 10.4 Å². The molecule has 0 amide bonds. The largest absolute Gasteiger partial charge is 0.496 e. The predicted octanol–water partition coefficient (Wildman–Crippen LogP) is 3.29. The highest BCUT2D eigenvalue weighted by Crippen LogP contribution is 2.19. The fourth-order valence-electron chi connectivity index (χ4n) is 2.22. The number of rotatable bonds is 6. The molecule has 0 saturated carbocycles. The average Bonchev–Trinajstić information content (AvgIpc) is 2.97. The van der Waals surface area contributed by atoms with Gasteiger partial charge in [0, 0.05) is 24.7 Å². The molecule has 0 radical (unpaired) electrons. The molecular weight excluding hydrogens is 435 g/mol. The molecule has 2 aromatic rings. The lowest BCUT2D eigenvalue weighted by Gasteiger charge is -2.12. The molecule has 0 aliphatic rings. The van der Waals surface area contributed by atoms with Crippen LogP contribution in [0.4, 0.5) is 0 Å². The van der Waals surface area contributed by atoms with Crippen LogP contribution in [0.1, 0.15) is 21.0 Å². The van der Waals surface area contributed by atoms with Gasteiger partial charge in [0.1, 0.15) is 5.75 Å². The van der Waals surface area contributed by atoms with Crippen molar-refractivity contribution in [1.29, 1.82) is 0 Å². The molecule has 0 aliphatic heterocycles. The van der Waals surface area contributed by atoms with Crippen molar-refractivity contribution in [3.05, 3.63) is 45.4 Å². The Bertz CT molecular complexity index is 672. The number of methoxy groups -OCH3 is 1. The van der Waals surface area contributed by atoms with Crippen molar-refractivity contribution in [2.45, 2.75) is 26.8 Å². The number of nitrogens with zero attached hydrogens (tertiary/aromatic N) is 2. The molecule has 0 aliphatic carbocycles. The molecule has 0 atom stereocenters. The first-order valence-corrected chi connectivity index (χ1v) is 8.43. The highest BCUT2D eigenvalue weighted by atomic mass is 127. The third-order valence-corrected chi connectivity index (χ3v) is 4.41. The van der Waals surface area contributed by atoms with Gasteiger partial charge in [-0.05, 0) is 37.5 Å². The lowest BCUT2D eigenvalue weighted by molar-refractivity contribution is 0.411. The topological polar surface area (TPSA) is 58.5 Å². The number of ether oxygens (including phenoxy) is 1. The number of guanidine groups is 1. The molecule has 0 fully saturated rings. The fraction of sp³-hybridized carbons (Fsp3) is 0.412. The first-order valence-electron chi connectivity index (χ1n) is 7.61. The first-order chi connectivity index (χ1) is 11.1. The van der Waals surface area contributed by atoms with Crippen LogP contribution in [0.3, 0.4) is 0 Å². The van der Waals surface area contributed by atoms with E-state index < -0.39 is 0 Å². The molecule has 1 aromatic heterocycles. The average molecular weight is 460 g/mol. The van der Waals surface area contributed by atoms with Gasteiger partial charge >= 0.3 is 0 Å². The molecular formula is C17H25IN4OS. The number of aryl methyl sites for hydroxylation is 2. The summed E-state index contributed by atoms with van der Waals surface area (Å²) in [5.41, 5.74) is 2.40. The zero-order valence-corrected chi connectivity index (χ0v) is 17.7. The molecule has 1 heterocycles. The van der Waals surface area contributed by atoms with Gasteiger partial charge < -0.3 is 15.4 Å². The van der Waals surface area contributed by atoms with E-state index in [9.17, 15) is 0 Å². The molecule has 132 valence electrons. The Morgan fingerprint density at radius 3 is 2.71 bits per heavy atom. The zero-order valence-electron chi connectivity index (χ0n) is 14.5. The summed E-state index contributed by atoms with van der Waals surface area (Å²) >= 11 is 1.70. The van der Waals surface area contributed by atoms with Crippen molar-refractivity contribution in [3.63, 3.8) is 0 Å². The van der Waals surface area contributed by atoms with Crippen molar-refractivity contribution in [1.82, 2.24) is 15.6 Å². The standard InChI is InChI=1S/C17H24N4OS.HI/c1-12-5-6-14(9-16(12)22-4)7-8-19-17(18-3)21-11-15-10-20-13(2)23-15;/h5-6,9-10H,7-8,11H2,1-4H3,(H2,18,19,21);1H. The van der Waals surface area contributed by atoms with E-state index in [-0.39, 0.29) is 24.0 Å². The van der Waals surface area contributed by atoms with Crippen molar-refractivity contribution in [2.75, 3.05) is 20.7 Å². The van der Waals surface area contributed by atoms with Gasteiger partial charge in [-0.15, -0.1) is 35.3 Å². The van der Waals surface area contributed by atoms with Gasteiger partial charge in [0.05, 0.1) is 18.7 Å². The minimum atomic E-state index is 0. The predicted molar refractivity (Wildman–Crippen MR) is 112 cm³/mol. The Balaban J connectivity index is 0.00000288. The Labute approximate surface area is 165 Å². The van der Waals surface area contributed by atoms with Gasteiger partial charge in [0.15, 0.2) is 5.96 Å². The van der Waals surface area contributed by atoms with Crippen LogP contribution in [0.15, 0.2) is 29.4 Å². The highest BCUT2D eigenvalue weighted by Gasteiger charge is 2.03. The van der Waals surface area contributed by atoms with Gasteiger partial charge in [0.2, 0.25) is 0 Å². The van der Waals surface area contributed by atoms with Crippen LogP contribution in [-0.2, 0) is 13.0 Å². The summed E-state index contributed by atoms with van der Waals surface area (Å²) in [6, 6.07) is 6.32. The SMILES string of the molecule is CN=C(NCCc1ccc(C)c(OC)c1)NCc1cnc(C)s1.I. The second-order valence-electron chi connectivity index (χ2n) is 5.25. The van der Waals surface area contributed by atoms with E-state index in [0.29, 0.717) is 0 Å². The van der Waals surface area contributed by atoms with Gasteiger partial charge in [0.25, 0.3) is 0 Å². The normalized spacial score (nSPS) is 10.9. The highest BCUT2D eigenvalue weighted by molar-refractivity contribution is 14.0. The van der Waals surface area contributed by atoms with E-state index in [1.54, 1.807) is 25.5 Å². The number of benzene rings is 1. The Morgan fingerprint density at radius 2 is 2.08 bits per heavy atom. The fourth-order valence-corrected chi connectivity index (χ4v) is 2.96. The summed E-state index contributed by atoms with van der Waals surface area (Å²) in [6.07, 6.45) is 2.82. The maximum atomic E-state index is 5.36. The number of aliphatic imine (C=N–C) groups is 1. The van der Waals surface area contributed by atoms with Crippen LogP contribution >= 0.6 is 35.3 Å². The molecule has 1 aromatic carbocycles. The van der Waals surface area contributed by atoms with Gasteiger partial charge in [-0.2, -0.15) is 0 Å². The summed E-state index contributed by atoms with van der Waals surface area (Å²) in [5.74, 6) is 1.74. The summed E-state index contributed by atoms with van der Waals surface area (Å²) in [4.78, 5) is 9.70. The molecule has 2 N–H and O–H groups in total. The van der Waals surface area contributed by atoms with Gasteiger partial charge in [-0.3, -0.25) is 4.99 Å². The smallest absolute Gasteiger partial charge is 0.191 e. The molecule has 0 bridgehead atoms. The summed E-state index contributed by atoms with van der Waals surface area (Å²) in [7, 11) is 3.49. The number of nitrogens with one attached hydrogen (secondary N) is 2. The third kappa shape index (κ3) is 6.27. The lowest BCUT2D eigenvalue weighted by Crippen LogP contribution is -2.37. The Hall–Kier alpha value is -1.35. The second kappa shape index (κ2) is 10.5. The molecule has 2 rings (SSSR count). The lowest BCUT2D eigenvalue weighted by atomic mass is 10.1. The number of hydrogen-bond acceptors (Lipinski definition) is 4. The maximum absolute atomic E-state index is 5.36. The minimum Gasteiger partial charge on any atom is -0.496 e. The van der Waals surface area contributed by atoms with Crippen molar-refractivity contribution in [2.24, 2.45) is 4.99 Å². The van der Waals surface area contributed by atoms with E-state index in [4.69, 9.17) is 4.74 Å². The van der Waals surface area contributed by atoms with Crippen molar-refractivity contribution in [3.8, 4) is 5.75 Å². The van der Waals surface area contributed by atoms with Gasteiger partial charge in [-0.25, -0.2) is 4.98 Å². The minimum absolute atomic E-state index is 0.